The smallest absolute Gasteiger partial charge is 0.407 e. The predicted octanol–water partition coefficient (Wildman–Crippen LogP) is 1.13. The first-order chi connectivity index (χ1) is 7.67. The molecule has 0 aliphatic carbocycles. The van der Waals surface area contributed by atoms with Gasteiger partial charge in [-0.3, -0.25) is 0 Å². The van der Waals surface area contributed by atoms with Crippen LogP contribution in [0.15, 0.2) is 0 Å². The summed E-state index contributed by atoms with van der Waals surface area (Å²) in [5.41, 5.74) is -0.658. The van der Waals surface area contributed by atoms with E-state index >= 15 is 0 Å². The minimum atomic E-state index is -1.62. The average Bonchev–Trinajstić information content (AvgIpc) is 2.12. The molecule has 6 nitrogen and oxygen atoms in total. The molecule has 3 N–H and O–H groups in total. The Morgan fingerprint density at radius 2 is 1.88 bits per heavy atom. The fourth-order valence-corrected chi connectivity index (χ4v) is 1.25. The SMILES string of the molecule is CCC[C@H](NC(=O)OC(C)(C)C)[C@@H](O)C(=O)O. The maximum Gasteiger partial charge on any atom is 0.407 e. The molecule has 17 heavy (non-hydrogen) atoms. The summed E-state index contributed by atoms with van der Waals surface area (Å²) in [7, 11) is 0. The van der Waals surface area contributed by atoms with Gasteiger partial charge in [-0.15, -0.1) is 0 Å². The van der Waals surface area contributed by atoms with E-state index < -0.39 is 29.8 Å². The van der Waals surface area contributed by atoms with Crippen molar-refractivity contribution in [3.8, 4) is 0 Å². The number of alkyl carbamates (subject to hydrolysis) is 1. The Balaban J connectivity index is 4.44. The molecule has 0 saturated carbocycles. The second kappa shape index (κ2) is 6.44. The first-order valence-corrected chi connectivity index (χ1v) is 5.57. The van der Waals surface area contributed by atoms with Gasteiger partial charge in [0.05, 0.1) is 6.04 Å². The van der Waals surface area contributed by atoms with Crippen LogP contribution in [0.1, 0.15) is 40.5 Å². The number of aliphatic hydroxyl groups is 1. The Kier molecular flexibility index (Phi) is 5.95. The normalized spacial score (nSPS) is 14.9. The van der Waals surface area contributed by atoms with Gasteiger partial charge < -0.3 is 20.3 Å². The molecular formula is C11H21NO5. The first-order valence-electron chi connectivity index (χ1n) is 5.57. The Morgan fingerprint density at radius 3 is 2.24 bits per heavy atom. The summed E-state index contributed by atoms with van der Waals surface area (Å²) in [4.78, 5) is 22.1. The number of hydrogen-bond acceptors (Lipinski definition) is 4. The molecule has 0 aromatic rings. The van der Waals surface area contributed by atoms with E-state index in [9.17, 15) is 14.7 Å². The highest BCUT2D eigenvalue weighted by atomic mass is 16.6. The molecule has 0 aromatic carbocycles. The zero-order chi connectivity index (χ0) is 13.6. The van der Waals surface area contributed by atoms with Gasteiger partial charge in [-0.1, -0.05) is 13.3 Å². The van der Waals surface area contributed by atoms with Gasteiger partial charge in [-0.05, 0) is 27.2 Å². The summed E-state index contributed by atoms with van der Waals surface area (Å²) in [5.74, 6) is -1.36. The fraction of sp³-hybridized carbons (Fsp3) is 0.818. The molecule has 1 amide bonds. The number of rotatable bonds is 5. The van der Waals surface area contributed by atoms with Gasteiger partial charge in [-0.25, -0.2) is 9.59 Å². The van der Waals surface area contributed by atoms with E-state index in [2.05, 4.69) is 5.32 Å². The first kappa shape index (κ1) is 15.7. The summed E-state index contributed by atoms with van der Waals surface area (Å²) in [6.45, 7) is 6.94. The molecule has 0 spiro atoms. The highest BCUT2D eigenvalue weighted by Gasteiger charge is 2.28. The molecule has 0 aliphatic rings. The number of carbonyl (C=O) groups is 2. The number of carboxylic acid groups (broad SMARTS) is 1. The number of ether oxygens (including phenoxy) is 1. The van der Waals surface area contributed by atoms with Gasteiger partial charge in [0.1, 0.15) is 5.60 Å². The number of carbonyl (C=O) groups excluding carboxylic acids is 1. The summed E-state index contributed by atoms with van der Waals surface area (Å²) in [6, 6.07) is -0.840. The van der Waals surface area contributed by atoms with E-state index in [0.29, 0.717) is 12.8 Å². The molecule has 0 heterocycles. The lowest BCUT2D eigenvalue weighted by Gasteiger charge is -2.24. The maximum atomic E-state index is 11.4. The second-order valence-corrected chi connectivity index (χ2v) is 4.82. The van der Waals surface area contributed by atoms with Crippen LogP contribution >= 0.6 is 0 Å². The van der Waals surface area contributed by atoms with E-state index in [1.165, 1.54) is 0 Å². The molecule has 0 bridgehead atoms. The van der Waals surface area contributed by atoms with Crippen LogP contribution in [0.25, 0.3) is 0 Å². The molecule has 100 valence electrons. The van der Waals surface area contributed by atoms with Crippen LogP contribution in [-0.2, 0) is 9.53 Å². The summed E-state index contributed by atoms with van der Waals surface area (Å²) >= 11 is 0. The Labute approximate surface area is 101 Å². The number of amides is 1. The van der Waals surface area contributed by atoms with E-state index in [1.54, 1.807) is 20.8 Å². The Morgan fingerprint density at radius 1 is 1.35 bits per heavy atom. The van der Waals surface area contributed by atoms with Crippen LogP contribution in [0.4, 0.5) is 4.79 Å². The summed E-state index contributed by atoms with van der Waals surface area (Å²) in [5, 5.41) is 20.4. The van der Waals surface area contributed by atoms with Crippen molar-refractivity contribution >= 4 is 12.1 Å². The number of carboxylic acids is 1. The molecule has 0 radical (unpaired) electrons. The minimum Gasteiger partial charge on any atom is -0.479 e. The van der Waals surface area contributed by atoms with Gasteiger partial charge in [0.2, 0.25) is 0 Å². The number of nitrogens with one attached hydrogen (secondary N) is 1. The molecule has 0 fully saturated rings. The second-order valence-electron chi connectivity index (χ2n) is 4.82. The number of hydrogen-bond donors (Lipinski definition) is 3. The summed E-state index contributed by atoms with van der Waals surface area (Å²) < 4.78 is 4.99. The van der Waals surface area contributed by atoms with Crippen molar-refractivity contribution in [1.82, 2.24) is 5.32 Å². The van der Waals surface area contributed by atoms with Crippen molar-refractivity contribution in [2.45, 2.75) is 58.3 Å². The molecule has 0 rings (SSSR count). The molecule has 6 heteroatoms. The number of aliphatic hydroxyl groups excluding tert-OH is 1. The Bertz CT molecular complexity index is 272. The van der Waals surface area contributed by atoms with Gasteiger partial charge in [-0.2, -0.15) is 0 Å². The maximum absolute atomic E-state index is 11.4. The highest BCUT2D eigenvalue weighted by Crippen LogP contribution is 2.09. The van der Waals surface area contributed by atoms with Gasteiger partial charge in [0, 0.05) is 0 Å². The lowest BCUT2D eigenvalue weighted by atomic mass is 10.1. The van der Waals surface area contributed by atoms with Crippen molar-refractivity contribution in [3.63, 3.8) is 0 Å². The molecule has 0 unspecified atom stereocenters. The van der Waals surface area contributed by atoms with E-state index in [-0.39, 0.29) is 0 Å². The van der Waals surface area contributed by atoms with Crippen molar-refractivity contribution in [2.75, 3.05) is 0 Å². The quantitative estimate of drug-likeness (QED) is 0.676. The van der Waals surface area contributed by atoms with Crippen molar-refractivity contribution < 1.29 is 24.5 Å². The van der Waals surface area contributed by atoms with Crippen molar-refractivity contribution in [3.05, 3.63) is 0 Å². The van der Waals surface area contributed by atoms with Crippen LogP contribution in [0, 0.1) is 0 Å². The topological polar surface area (TPSA) is 95.9 Å². The van der Waals surface area contributed by atoms with Crippen LogP contribution in [0.3, 0.4) is 0 Å². The third-order valence-electron chi connectivity index (χ3n) is 1.94. The van der Waals surface area contributed by atoms with Crippen LogP contribution in [-0.4, -0.2) is 40.0 Å². The van der Waals surface area contributed by atoms with Crippen molar-refractivity contribution in [1.29, 1.82) is 0 Å². The van der Waals surface area contributed by atoms with E-state index in [0.717, 1.165) is 0 Å². The van der Waals surface area contributed by atoms with Crippen LogP contribution in [0.5, 0.6) is 0 Å². The van der Waals surface area contributed by atoms with Crippen LogP contribution < -0.4 is 5.32 Å². The number of aliphatic carboxylic acids is 1. The average molecular weight is 247 g/mol. The standard InChI is InChI=1S/C11H21NO5/c1-5-6-7(8(13)9(14)15)12-10(16)17-11(2,3)4/h7-8,13H,5-6H2,1-4H3,(H,12,16)(H,14,15)/t7-,8+/m0/s1. The van der Waals surface area contributed by atoms with Crippen LogP contribution in [0.2, 0.25) is 0 Å². The lowest BCUT2D eigenvalue weighted by molar-refractivity contribution is -0.148. The minimum absolute atomic E-state index is 0.368. The monoisotopic (exact) mass is 247 g/mol. The van der Waals surface area contributed by atoms with Gasteiger partial charge >= 0.3 is 12.1 Å². The Hall–Kier alpha value is -1.30. The molecular weight excluding hydrogens is 226 g/mol. The zero-order valence-electron chi connectivity index (χ0n) is 10.7. The van der Waals surface area contributed by atoms with Gasteiger partial charge in [0.25, 0.3) is 0 Å². The zero-order valence-corrected chi connectivity index (χ0v) is 10.7. The lowest BCUT2D eigenvalue weighted by Crippen LogP contribution is -2.48. The third kappa shape index (κ3) is 6.78. The predicted molar refractivity (Wildman–Crippen MR) is 61.7 cm³/mol. The third-order valence-corrected chi connectivity index (χ3v) is 1.94. The van der Waals surface area contributed by atoms with E-state index in [4.69, 9.17) is 9.84 Å². The van der Waals surface area contributed by atoms with Gasteiger partial charge in [0.15, 0.2) is 6.10 Å². The largest absolute Gasteiger partial charge is 0.479 e. The molecule has 0 aromatic heterocycles. The molecule has 0 aliphatic heterocycles. The molecule has 0 saturated heterocycles. The van der Waals surface area contributed by atoms with E-state index in [1.807, 2.05) is 6.92 Å². The fourth-order valence-electron chi connectivity index (χ4n) is 1.25. The summed E-state index contributed by atoms with van der Waals surface area (Å²) in [6.07, 6.45) is -1.34. The van der Waals surface area contributed by atoms with Crippen molar-refractivity contribution in [2.24, 2.45) is 0 Å². The highest BCUT2D eigenvalue weighted by molar-refractivity contribution is 5.75. The molecule has 2 atom stereocenters.